The number of carbonyl (C=O) groups excluding carboxylic acids is 1. The highest BCUT2D eigenvalue weighted by Crippen LogP contribution is 2.29. The predicted molar refractivity (Wildman–Crippen MR) is 63.9 cm³/mol. The second-order valence-electron chi connectivity index (χ2n) is 6.14. The molecule has 1 aliphatic rings. The molecule has 0 heterocycles. The van der Waals surface area contributed by atoms with Crippen molar-refractivity contribution in [3.05, 3.63) is 0 Å². The van der Waals surface area contributed by atoms with Gasteiger partial charge in [-0.25, -0.2) is 0 Å². The van der Waals surface area contributed by atoms with Crippen LogP contribution >= 0.6 is 0 Å². The maximum atomic E-state index is 11.7. The topological polar surface area (TPSA) is 75.3 Å². The third-order valence-electron chi connectivity index (χ3n) is 3.04. The number of aliphatic hydroxyl groups is 1. The zero-order valence-corrected chi connectivity index (χ0v) is 10.5. The first-order valence-electron chi connectivity index (χ1n) is 5.98. The standard InChI is InChI=1S/C12H24N2O2/c1-11(2,3)7-9(15)8-14-10(16)12(13)5-4-6-12/h9,15H,4-8,13H2,1-3H3,(H,14,16). The Morgan fingerprint density at radius 2 is 2.06 bits per heavy atom. The fraction of sp³-hybridized carbons (Fsp3) is 0.917. The van der Waals surface area contributed by atoms with Gasteiger partial charge in [-0.1, -0.05) is 20.8 Å². The summed E-state index contributed by atoms with van der Waals surface area (Å²) in [5.41, 5.74) is 5.27. The van der Waals surface area contributed by atoms with Gasteiger partial charge >= 0.3 is 0 Å². The molecule has 94 valence electrons. The van der Waals surface area contributed by atoms with E-state index < -0.39 is 11.6 Å². The molecule has 0 bridgehead atoms. The highest BCUT2D eigenvalue weighted by Gasteiger charge is 2.40. The summed E-state index contributed by atoms with van der Waals surface area (Å²) in [5.74, 6) is -0.119. The van der Waals surface area contributed by atoms with E-state index in [0.717, 1.165) is 19.3 Å². The molecule has 1 saturated carbocycles. The second kappa shape index (κ2) is 4.72. The SMILES string of the molecule is CC(C)(C)CC(O)CNC(=O)C1(N)CCC1. The van der Waals surface area contributed by atoms with Gasteiger partial charge < -0.3 is 16.2 Å². The number of aliphatic hydroxyl groups excluding tert-OH is 1. The van der Waals surface area contributed by atoms with Gasteiger partial charge in [0.2, 0.25) is 5.91 Å². The minimum Gasteiger partial charge on any atom is -0.391 e. The van der Waals surface area contributed by atoms with Crippen LogP contribution < -0.4 is 11.1 Å². The summed E-state index contributed by atoms with van der Waals surface area (Å²) in [7, 11) is 0. The summed E-state index contributed by atoms with van der Waals surface area (Å²) in [4.78, 5) is 11.7. The monoisotopic (exact) mass is 228 g/mol. The fourth-order valence-corrected chi connectivity index (χ4v) is 1.95. The van der Waals surface area contributed by atoms with Gasteiger partial charge in [0.1, 0.15) is 0 Å². The molecule has 1 unspecified atom stereocenters. The maximum Gasteiger partial charge on any atom is 0.240 e. The highest BCUT2D eigenvalue weighted by atomic mass is 16.3. The van der Waals surface area contributed by atoms with Gasteiger partial charge in [-0.2, -0.15) is 0 Å². The van der Waals surface area contributed by atoms with Gasteiger partial charge in [-0.05, 0) is 31.1 Å². The third-order valence-corrected chi connectivity index (χ3v) is 3.04. The van der Waals surface area contributed by atoms with Crippen molar-refractivity contribution in [2.75, 3.05) is 6.54 Å². The van der Waals surface area contributed by atoms with Crippen LogP contribution in [0, 0.1) is 5.41 Å². The first kappa shape index (κ1) is 13.5. The van der Waals surface area contributed by atoms with E-state index in [0.29, 0.717) is 13.0 Å². The molecule has 1 atom stereocenters. The van der Waals surface area contributed by atoms with Crippen LogP contribution in [-0.2, 0) is 4.79 Å². The molecule has 16 heavy (non-hydrogen) atoms. The zero-order chi connectivity index (χ0) is 12.4. The number of nitrogens with two attached hydrogens (primary N) is 1. The molecule has 0 spiro atoms. The molecule has 4 N–H and O–H groups in total. The molecule has 1 aliphatic carbocycles. The average molecular weight is 228 g/mol. The Morgan fingerprint density at radius 3 is 2.44 bits per heavy atom. The number of hydrogen-bond donors (Lipinski definition) is 3. The molecule has 0 aromatic carbocycles. The fourth-order valence-electron chi connectivity index (χ4n) is 1.95. The molecule has 0 aliphatic heterocycles. The van der Waals surface area contributed by atoms with E-state index in [1.165, 1.54) is 0 Å². The van der Waals surface area contributed by atoms with Crippen molar-refractivity contribution in [1.29, 1.82) is 0 Å². The molecular formula is C12H24N2O2. The van der Waals surface area contributed by atoms with Crippen LogP contribution in [0.1, 0.15) is 46.5 Å². The summed E-state index contributed by atoms with van der Waals surface area (Å²) >= 11 is 0. The summed E-state index contributed by atoms with van der Waals surface area (Å²) in [6, 6.07) is 0. The van der Waals surface area contributed by atoms with Gasteiger partial charge in [0.25, 0.3) is 0 Å². The number of rotatable bonds is 4. The van der Waals surface area contributed by atoms with Gasteiger partial charge in [0.15, 0.2) is 0 Å². The van der Waals surface area contributed by atoms with Crippen molar-refractivity contribution in [1.82, 2.24) is 5.32 Å². The van der Waals surface area contributed by atoms with Gasteiger partial charge in [-0.15, -0.1) is 0 Å². The molecular weight excluding hydrogens is 204 g/mol. The average Bonchev–Trinajstić information content (AvgIpc) is 2.07. The lowest BCUT2D eigenvalue weighted by molar-refractivity contribution is -0.129. The number of carbonyl (C=O) groups is 1. The van der Waals surface area contributed by atoms with Crippen molar-refractivity contribution in [3.63, 3.8) is 0 Å². The first-order chi connectivity index (χ1) is 7.23. The smallest absolute Gasteiger partial charge is 0.240 e. The van der Waals surface area contributed by atoms with Crippen molar-refractivity contribution in [3.8, 4) is 0 Å². The van der Waals surface area contributed by atoms with Crippen molar-refractivity contribution in [2.24, 2.45) is 11.1 Å². The van der Waals surface area contributed by atoms with Crippen LogP contribution in [-0.4, -0.2) is 29.2 Å². The lowest BCUT2D eigenvalue weighted by Gasteiger charge is -2.36. The largest absolute Gasteiger partial charge is 0.391 e. The Balaban J connectivity index is 2.26. The molecule has 4 nitrogen and oxygen atoms in total. The van der Waals surface area contributed by atoms with E-state index in [2.05, 4.69) is 26.1 Å². The van der Waals surface area contributed by atoms with Crippen LogP contribution in [0.25, 0.3) is 0 Å². The quantitative estimate of drug-likeness (QED) is 0.665. The first-order valence-corrected chi connectivity index (χ1v) is 5.98. The second-order valence-corrected chi connectivity index (χ2v) is 6.14. The number of hydrogen-bond acceptors (Lipinski definition) is 3. The van der Waals surface area contributed by atoms with E-state index >= 15 is 0 Å². The maximum absolute atomic E-state index is 11.7. The summed E-state index contributed by atoms with van der Waals surface area (Å²) in [6.07, 6.45) is 2.72. The Bertz CT molecular complexity index is 254. The van der Waals surface area contributed by atoms with E-state index in [1.807, 2.05) is 0 Å². The Morgan fingerprint density at radius 1 is 1.50 bits per heavy atom. The predicted octanol–water partition coefficient (Wildman–Crippen LogP) is 0.781. The number of amides is 1. The van der Waals surface area contributed by atoms with Crippen LogP contribution in [0.5, 0.6) is 0 Å². The summed E-state index contributed by atoms with van der Waals surface area (Å²) in [5, 5.41) is 12.5. The number of nitrogens with one attached hydrogen (secondary N) is 1. The Hall–Kier alpha value is -0.610. The van der Waals surface area contributed by atoms with Crippen LogP contribution in [0.3, 0.4) is 0 Å². The molecule has 0 radical (unpaired) electrons. The minimum absolute atomic E-state index is 0.0705. The van der Waals surface area contributed by atoms with Gasteiger partial charge in [0.05, 0.1) is 11.6 Å². The third kappa shape index (κ3) is 3.76. The van der Waals surface area contributed by atoms with Crippen molar-refractivity contribution in [2.45, 2.75) is 58.1 Å². The summed E-state index contributed by atoms with van der Waals surface area (Å²) in [6.45, 7) is 6.49. The van der Waals surface area contributed by atoms with Crippen LogP contribution in [0.4, 0.5) is 0 Å². The molecule has 0 aromatic heterocycles. The molecule has 1 fully saturated rings. The zero-order valence-electron chi connectivity index (χ0n) is 10.5. The Kier molecular flexibility index (Phi) is 3.97. The summed E-state index contributed by atoms with van der Waals surface area (Å²) < 4.78 is 0. The van der Waals surface area contributed by atoms with E-state index in [1.54, 1.807) is 0 Å². The minimum atomic E-state index is -0.665. The molecule has 1 amide bonds. The lowest BCUT2D eigenvalue weighted by atomic mass is 9.77. The Labute approximate surface area is 97.6 Å². The molecule has 1 rings (SSSR count). The van der Waals surface area contributed by atoms with Crippen molar-refractivity contribution >= 4 is 5.91 Å². The normalized spacial score (nSPS) is 21.1. The molecule has 0 saturated heterocycles. The lowest BCUT2D eigenvalue weighted by Crippen LogP contribution is -2.59. The molecule has 4 heteroatoms. The highest BCUT2D eigenvalue weighted by molar-refractivity contribution is 5.86. The van der Waals surface area contributed by atoms with Crippen LogP contribution in [0.2, 0.25) is 0 Å². The van der Waals surface area contributed by atoms with Crippen molar-refractivity contribution < 1.29 is 9.90 Å². The van der Waals surface area contributed by atoms with E-state index in [4.69, 9.17) is 5.73 Å². The van der Waals surface area contributed by atoms with Gasteiger partial charge in [-0.3, -0.25) is 4.79 Å². The molecule has 0 aromatic rings. The van der Waals surface area contributed by atoms with Gasteiger partial charge in [0, 0.05) is 6.54 Å². The van der Waals surface area contributed by atoms with E-state index in [9.17, 15) is 9.90 Å². The van der Waals surface area contributed by atoms with Crippen LogP contribution in [0.15, 0.2) is 0 Å². The van der Waals surface area contributed by atoms with E-state index in [-0.39, 0.29) is 11.3 Å².